The van der Waals surface area contributed by atoms with Crippen molar-refractivity contribution in [2.24, 2.45) is 0 Å². The highest BCUT2D eigenvalue weighted by Gasteiger charge is 2.22. The molecule has 1 unspecified atom stereocenters. The molecule has 1 aliphatic rings. The van der Waals surface area contributed by atoms with E-state index in [1.165, 1.54) is 5.56 Å². The number of amides is 1. The van der Waals surface area contributed by atoms with E-state index in [0.29, 0.717) is 19.8 Å². The Morgan fingerprint density at radius 1 is 1.35 bits per heavy atom. The van der Waals surface area contributed by atoms with Crippen LogP contribution in [0.2, 0.25) is 0 Å². The van der Waals surface area contributed by atoms with Gasteiger partial charge in [-0.15, -0.1) is 0 Å². The van der Waals surface area contributed by atoms with Gasteiger partial charge in [0.2, 0.25) is 5.91 Å². The van der Waals surface area contributed by atoms with E-state index in [4.69, 9.17) is 9.47 Å². The third kappa shape index (κ3) is 3.51. The van der Waals surface area contributed by atoms with Gasteiger partial charge in [0.15, 0.2) is 0 Å². The average molecular weight is 277 g/mol. The monoisotopic (exact) mass is 277 g/mol. The number of hydrogen-bond donors (Lipinski definition) is 1. The Bertz CT molecular complexity index is 479. The lowest BCUT2D eigenvalue weighted by Gasteiger charge is -2.15. The van der Waals surface area contributed by atoms with Crippen LogP contribution in [0.5, 0.6) is 5.75 Å². The van der Waals surface area contributed by atoms with Crippen LogP contribution in [0.4, 0.5) is 0 Å². The fraction of sp³-hybridized carbons (Fsp3) is 0.562. The van der Waals surface area contributed by atoms with Gasteiger partial charge in [-0.3, -0.25) is 4.79 Å². The predicted octanol–water partition coefficient (Wildman–Crippen LogP) is 2.29. The molecule has 1 aromatic rings. The second-order valence-electron chi connectivity index (χ2n) is 5.29. The lowest BCUT2D eigenvalue weighted by atomic mass is 10.1. The molecule has 0 aromatic heterocycles. The summed E-state index contributed by atoms with van der Waals surface area (Å²) in [7, 11) is 0. The smallest absolute Gasteiger partial charge is 0.249 e. The standard InChI is InChI=1S/C16H23NO3/c1-11-6-7-12(2)15(13(11)3)20-10-8-17-16(18)14-5-4-9-19-14/h6-7,14H,4-5,8-10H2,1-3H3,(H,17,18). The van der Waals surface area contributed by atoms with E-state index in [1.54, 1.807) is 0 Å². The Hall–Kier alpha value is -1.55. The maximum Gasteiger partial charge on any atom is 0.249 e. The van der Waals surface area contributed by atoms with E-state index in [9.17, 15) is 4.79 Å². The molecule has 0 bridgehead atoms. The summed E-state index contributed by atoms with van der Waals surface area (Å²) < 4.78 is 11.1. The minimum Gasteiger partial charge on any atom is -0.491 e. The number of benzene rings is 1. The van der Waals surface area contributed by atoms with Crippen LogP contribution in [0.3, 0.4) is 0 Å². The lowest BCUT2D eigenvalue weighted by molar-refractivity contribution is -0.130. The van der Waals surface area contributed by atoms with Crippen LogP contribution in [0.25, 0.3) is 0 Å². The molecule has 1 fully saturated rings. The van der Waals surface area contributed by atoms with E-state index in [0.717, 1.165) is 29.7 Å². The van der Waals surface area contributed by atoms with Gasteiger partial charge in [0.1, 0.15) is 18.5 Å². The summed E-state index contributed by atoms with van der Waals surface area (Å²) >= 11 is 0. The topological polar surface area (TPSA) is 47.6 Å². The normalized spacial score (nSPS) is 18.1. The Labute approximate surface area is 120 Å². The second-order valence-corrected chi connectivity index (χ2v) is 5.29. The van der Waals surface area contributed by atoms with Gasteiger partial charge in [0, 0.05) is 6.61 Å². The second kappa shape index (κ2) is 6.75. The third-order valence-corrected chi connectivity index (χ3v) is 3.74. The van der Waals surface area contributed by atoms with E-state index in [2.05, 4.69) is 31.3 Å². The Morgan fingerprint density at radius 3 is 2.80 bits per heavy atom. The number of aryl methyl sites for hydroxylation is 2. The molecule has 1 amide bonds. The summed E-state index contributed by atoms with van der Waals surface area (Å²) in [6, 6.07) is 4.15. The molecule has 1 aliphatic heterocycles. The van der Waals surface area contributed by atoms with Gasteiger partial charge >= 0.3 is 0 Å². The van der Waals surface area contributed by atoms with Crippen LogP contribution < -0.4 is 10.1 Å². The molecule has 4 heteroatoms. The van der Waals surface area contributed by atoms with Crippen LogP contribution in [-0.4, -0.2) is 31.8 Å². The molecule has 1 saturated heterocycles. The number of carbonyl (C=O) groups is 1. The van der Waals surface area contributed by atoms with Gasteiger partial charge in [-0.2, -0.15) is 0 Å². The molecule has 0 radical (unpaired) electrons. The minimum absolute atomic E-state index is 0.0243. The summed E-state index contributed by atoms with van der Waals surface area (Å²) in [5.74, 6) is 0.903. The average Bonchev–Trinajstić information content (AvgIpc) is 2.96. The molecule has 2 rings (SSSR count). The van der Waals surface area contributed by atoms with Crippen molar-refractivity contribution < 1.29 is 14.3 Å². The molecule has 110 valence electrons. The van der Waals surface area contributed by atoms with E-state index < -0.39 is 0 Å². The number of nitrogens with one attached hydrogen (secondary N) is 1. The van der Waals surface area contributed by atoms with Crippen molar-refractivity contribution in [2.75, 3.05) is 19.8 Å². The first-order valence-electron chi connectivity index (χ1n) is 7.18. The van der Waals surface area contributed by atoms with Gasteiger partial charge in [-0.05, 0) is 50.3 Å². The molecular formula is C16H23NO3. The first-order chi connectivity index (χ1) is 9.59. The lowest BCUT2D eigenvalue weighted by Crippen LogP contribution is -2.36. The SMILES string of the molecule is Cc1ccc(C)c(OCCNC(=O)C2CCCO2)c1C. The highest BCUT2D eigenvalue weighted by molar-refractivity contribution is 5.80. The molecule has 1 aromatic carbocycles. The Kier molecular flexibility index (Phi) is 5.01. The minimum atomic E-state index is -0.266. The summed E-state index contributed by atoms with van der Waals surface area (Å²) in [5.41, 5.74) is 3.50. The zero-order valence-electron chi connectivity index (χ0n) is 12.5. The first kappa shape index (κ1) is 14.9. The van der Waals surface area contributed by atoms with Crippen LogP contribution in [0.15, 0.2) is 12.1 Å². The van der Waals surface area contributed by atoms with Crippen LogP contribution >= 0.6 is 0 Å². The number of hydrogen-bond acceptors (Lipinski definition) is 3. The molecule has 0 saturated carbocycles. The van der Waals surface area contributed by atoms with Crippen molar-refractivity contribution in [3.63, 3.8) is 0 Å². The summed E-state index contributed by atoms with van der Waals surface area (Å²) in [4.78, 5) is 11.8. The summed E-state index contributed by atoms with van der Waals surface area (Å²) in [6.45, 7) is 7.83. The van der Waals surface area contributed by atoms with E-state index in [1.807, 2.05) is 6.92 Å². The van der Waals surface area contributed by atoms with Crippen molar-refractivity contribution >= 4 is 5.91 Å². The van der Waals surface area contributed by atoms with Crippen LogP contribution in [0.1, 0.15) is 29.5 Å². The molecule has 20 heavy (non-hydrogen) atoms. The molecule has 0 spiro atoms. The van der Waals surface area contributed by atoms with Gasteiger partial charge in [0.05, 0.1) is 6.54 Å². The van der Waals surface area contributed by atoms with Crippen LogP contribution in [-0.2, 0) is 9.53 Å². The van der Waals surface area contributed by atoms with Gasteiger partial charge < -0.3 is 14.8 Å². The highest BCUT2D eigenvalue weighted by Crippen LogP contribution is 2.25. The van der Waals surface area contributed by atoms with Crippen LogP contribution in [0, 0.1) is 20.8 Å². The molecule has 1 N–H and O–H groups in total. The maximum absolute atomic E-state index is 11.8. The summed E-state index contributed by atoms with van der Waals surface area (Å²) in [5, 5.41) is 2.86. The largest absolute Gasteiger partial charge is 0.491 e. The molecule has 0 aliphatic carbocycles. The number of carbonyl (C=O) groups excluding carboxylic acids is 1. The number of ether oxygens (including phenoxy) is 2. The quantitative estimate of drug-likeness (QED) is 0.840. The summed E-state index contributed by atoms with van der Waals surface area (Å²) in [6.07, 6.45) is 1.52. The Morgan fingerprint density at radius 2 is 2.10 bits per heavy atom. The van der Waals surface area contributed by atoms with Gasteiger partial charge in [0.25, 0.3) is 0 Å². The Balaban J connectivity index is 1.78. The fourth-order valence-electron chi connectivity index (χ4n) is 2.37. The zero-order chi connectivity index (χ0) is 14.5. The number of rotatable bonds is 5. The van der Waals surface area contributed by atoms with Gasteiger partial charge in [-0.25, -0.2) is 0 Å². The van der Waals surface area contributed by atoms with E-state index in [-0.39, 0.29) is 12.0 Å². The zero-order valence-corrected chi connectivity index (χ0v) is 12.5. The molecular weight excluding hydrogens is 254 g/mol. The fourth-order valence-corrected chi connectivity index (χ4v) is 2.37. The first-order valence-corrected chi connectivity index (χ1v) is 7.18. The third-order valence-electron chi connectivity index (χ3n) is 3.74. The van der Waals surface area contributed by atoms with Crippen molar-refractivity contribution in [1.29, 1.82) is 0 Å². The molecule has 1 atom stereocenters. The molecule has 4 nitrogen and oxygen atoms in total. The highest BCUT2D eigenvalue weighted by atomic mass is 16.5. The van der Waals surface area contributed by atoms with Crippen molar-refractivity contribution in [3.8, 4) is 5.75 Å². The van der Waals surface area contributed by atoms with Crippen molar-refractivity contribution in [2.45, 2.75) is 39.7 Å². The molecule has 1 heterocycles. The van der Waals surface area contributed by atoms with E-state index >= 15 is 0 Å². The van der Waals surface area contributed by atoms with Gasteiger partial charge in [-0.1, -0.05) is 12.1 Å². The van der Waals surface area contributed by atoms with Crippen molar-refractivity contribution in [3.05, 3.63) is 28.8 Å². The van der Waals surface area contributed by atoms with Crippen molar-refractivity contribution in [1.82, 2.24) is 5.32 Å². The predicted molar refractivity (Wildman–Crippen MR) is 78.1 cm³/mol. The maximum atomic E-state index is 11.8.